The normalized spacial score (nSPS) is 48.4. The highest BCUT2D eigenvalue weighted by molar-refractivity contribution is 5.97. The highest BCUT2D eigenvalue weighted by atomic mass is 19.1. The molecule has 0 aromatic rings. The second-order valence-corrected chi connectivity index (χ2v) is 10.5. The van der Waals surface area contributed by atoms with Crippen molar-refractivity contribution in [2.45, 2.75) is 58.5 Å². The Bertz CT molecular complexity index is 922. The Balaban J connectivity index is 1.59. The molecule has 5 aliphatic rings. The average Bonchev–Trinajstić information content (AvgIpc) is 3.45. The molecule has 30 heavy (non-hydrogen) atoms. The van der Waals surface area contributed by atoms with E-state index in [1.165, 1.54) is 13.0 Å². The second-order valence-electron chi connectivity index (χ2n) is 10.5. The average molecular weight is 418 g/mol. The lowest BCUT2D eigenvalue weighted by atomic mass is 9.47. The summed E-state index contributed by atoms with van der Waals surface area (Å²) in [6.07, 6.45) is 6.18. The van der Waals surface area contributed by atoms with Gasteiger partial charge in [-0.05, 0) is 73.5 Å². The van der Waals surface area contributed by atoms with Crippen LogP contribution in [0.3, 0.4) is 0 Å². The first-order chi connectivity index (χ1) is 14.1. The standard InChI is InChI=1S/C24H28F2O4/c1-12(27)30-24(21(29)11-25)7-5-15-13-9-19(26)18-10-20(28)14-8-17(14)23(18,3)16(13)4-6-22(15,24)2/h9-10,13-17H,4-8,11H2,1-3H3/t13-,14?,15-,16+,17?,22-,23+,24+/m0/s1. The number of halogens is 2. The van der Waals surface area contributed by atoms with Gasteiger partial charge in [-0.25, -0.2) is 8.78 Å². The molecule has 0 radical (unpaired) electrons. The molecule has 2 unspecified atom stereocenters. The van der Waals surface area contributed by atoms with Crippen LogP contribution in [0.15, 0.2) is 23.6 Å². The Morgan fingerprint density at radius 1 is 1.17 bits per heavy atom. The van der Waals surface area contributed by atoms with Gasteiger partial charge in [0.15, 0.2) is 18.1 Å². The zero-order valence-corrected chi connectivity index (χ0v) is 17.7. The summed E-state index contributed by atoms with van der Waals surface area (Å²) in [4.78, 5) is 36.9. The van der Waals surface area contributed by atoms with E-state index >= 15 is 4.39 Å². The van der Waals surface area contributed by atoms with Gasteiger partial charge in [0.25, 0.3) is 0 Å². The Kier molecular flexibility index (Phi) is 4.08. The number of esters is 1. The lowest BCUT2D eigenvalue weighted by Gasteiger charge is -2.57. The number of ketones is 2. The first-order valence-corrected chi connectivity index (χ1v) is 11.0. The Labute approximate surface area is 175 Å². The molecule has 0 amide bonds. The van der Waals surface area contributed by atoms with Crippen LogP contribution >= 0.6 is 0 Å². The molecule has 8 atom stereocenters. The summed E-state index contributed by atoms with van der Waals surface area (Å²) in [7, 11) is 0. The van der Waals surface area contributed by atoms with E-state index in [1.807, 2.05) is 6.92 Å². The third-order valence-electron chi connectivity index (χ3n) is 9.50. The number of rotatable bonds is 3. The van der Waals surface area contributed by atoms with E-state index in [-0.39, 0.29) is 53.0 Å². The molecule has 6 heteroatoms. The van der Waals surface area contributed by atoms with Gasteiger partial charge in [0.05, 0.1) is 0 Å². The fourth-order valence-electron chi connectivity index (χ4n) is 8.00. The molecule has 0 spiro atoms. The maximum atomic E-state index is 15.3. The molecule has 0 aromatic heterocycles. The van der Waals surface area contributed by atoms with Crippen molar-refractivity contribution in [3.05, 3.63) is 23.6 Å². The van der Waals surface area contributed by atoms with E-state index in [0.717, 1.165) is 12.8 Å². The van der Waals surface area contributed by atoms with Gasteiger partial charge in [-0.15, -0.1) is 0 Å². The summed E-state index contributed by atoms with van der Waals surface area (Å²) in [6, 6.07) is 0. The van der Waals surface area contributed by atoms with Crippen LogP contribution in [0.4, 0.5) is 8.78 Å². The number of Topliss-reactive ketones (excluding diaryl/α,β-unsaturated/α-hetero) is 1. The van der Waals surface area contributed by atoms with E-state index in [0.29, 0.717) is 18.4 Å². The largest absolute Gasteiger partial charge is 0.451 e. The molecule has 0 N–H and O–H groups in total. The van der Waals surface area contributed by atoms with E-state index in [9.17, 15) is 18.8 Å². The van der Waals surface area contributed by atoms with Crippen molar-refractivity contribution in [1.29, 1.82) is 0 Å². The zero-order valence-electron chi connectivity index (χ0n) is 17.7. The fourth-order valence-corrected chi connectivity index (χ4v) is 8.00. The van der Waals surface area contributed by atoms with E-state index in [4.69, 9.17) is 4.74 Å². The van der Waals surface area contributed by atoms with Crippen LogP contribution in [-0.4, -0.2) is 29.8 Å². The van der Waals surface area contributed by atoms with E-state index in [1.54, 1.807) is 6.08 Å². The van der Waals surface area contributed by atoms with Gasteiger partial charge in [0.1, 0.15) is 5.83 Å². The molecule has 0 saturated heterocycles. The molecule has 5 rings (SSSR count). The Hall–Kier alpha value is -1.85. The van der Waals surface area contributed by atoms with Crippen LogP contribution in [0.25, 0.3) is 0 Å². The summed E-state index contributed by atoms with van der Waals surface area (Å²) in [5, 5.41) is 0. The second kappa shape index (κ2) is 6.10. The zero-order chi connectivity index (χ0) is 21.6. The Morgan fingerprint density at radius 3 is 2.53 bits per heavy atom. The van der Waals surface area contributed by atoms with Gasteiger partial charge in [-0.2, -0.15) is 0 Å². The summed E-state index contributed by atoms with van der Waals surface area (Å²) < 4.78 is 34.5. The van der Waals surface area contributed by atoms with Gasteiger partial charge in [-0.3, -0.25) is 14.4 Å². The van der Waals surface area contributed by atoms with Crippen molar-refractivity contribution in [3.8, 4) is 0 Å². The third-order valence-corrected chi connectivity index (χ3v) is 9.50. The van der Waals surface area contributed by atoms with Crippen LogP contribution in [-0.2, 0) is 19.1 Å². The molecular weight excluding hydrogens is 390 g/mol. The number of alkyl halides is 1. The van der Waals surface area contributed by atoms with Crippen molar-refractivity contribution in [2.75, 3.05) is 6.67 Å². The third kappa shape index (κ3) is 2.23. The van der Waals surface area contributed by atoms with Crippen molar-refractivity contribution >= 4 is 17.5 Å². The number of carbonyl (C=O) groups is 3. The molecule has 0 bridgehead atoms. The lowest BCUT2D eigenvalue weighted by molar-refractivity contribution is -0.186. The van der Waals surface area contributed by atoms with Gasteiger partial charge < -0.3 is 4.74 Å². The van der Waals surface area contributed by atoms with Crippen molar-refractivity contribution < 1.29 is 27.9 Å². The number of carbonyl (C=O) groups excluding carboxylic acids is 3. The van der Waals surface area contributed by atoms with Crippen molar-refractivity contribution in [2.24, 2.45) is 40.4 Å². The molecule has 4 nitrogen and oxygen atoms in total. The molecule has 3 fully saturated rings. The highest BCUT2D eigenvalue weighted by Gasteiger charge is 2.71. The quantitative estimate of drug-likeness (QED) is 0.642. The summed E-state index contributed by atoms with van der Waals surface area (Å²) in [6.45, 7) is 4.09. The highest BCUT2D eigenvalue weighted by Crippen LogP contribution is 2.72. The fraction of sp³-hybridized carbons (Fsp3) is 0.708. The molecule has 0 aliphatic heterocycles. The monoisotopic (exact) mass is 418 g/mol. The predicted molar refractivity (Wildman–Crippen MR) is 105 cm³/mol. The van der Waals surface area contributed by atoms with Crippen molar-refractivity contribution in [1.82, 2.24) is 0 Å². The van der Waals surface area contributed by atoms with Gasteiger partial charge >= 0.3 is 5.97 Å². The lowest BCUT2D eigenvalue weighted by Crippen LogP contribution is -2.59. The van der Waals surface area contributed by atoms with Gasteiger partial charge in [0, 0.05) is 23.7 Å². The first kappa shape index (κ1) is 20.1. The SMILES string of the molecule is CC(=O)O[C@@]1(C(=O)CF)CC[C@H]2[C@@H]3C=C(F)C4=CC(=O)C5CC5[C@@]4(C)[C@@H]3CC[C@@]21C. The summed E-state index contributed by atoms with van der Waals surface area (Å²) in [5.74, 6) is -1.41. The van der Waals surface area contributed by atoms with Gasteiger partial charge in [-0.1, -0.05) is 13.8 Å². The topological polar surface area (TPSA) is 60.4 Å². The van der Waals surface area contributed by atoms with Crippen LogP contribution in [0.5, 0.6) is 0 Å². The van der Waals surface area contributed by atoms with Crippen LogP contribution < -0.4 is 0 Å². The molecular formula is C24H28F2O4. The summed E-state index contributed by atoms with van der Waals surface area (Å²) in [5.41, 5.74) is -2.06. The minimum Gasteiger partial charge on any atom is -0.451 e. The smallest absolute Gasteiger partial charge is 0.303 e. The van der Waals surface area contributed by atoms with Gasteiger partial charge in [0.2, 0.25) is 5.78 Å². The predicted octanol–water partition coefficient (Wildman–Crippen LogP) is 4.29. The van der Waals surface area contributed by atoms with Crippen LogP contribution in [0, 0.1) is 40.4 Å². The number of fused-ring (bicyclic) bond motifs is 7. The molecule has 162 valence electrons. The molecule has 3 saturated carbocycles. The van der Waals surface area contributed by atoms with E-state index in [2.05, 4.69) is 6.92 Å². The Morgan fingerprint density at radius 2 is 1.87 bits per heavy atom. The number of allylic oxidation sites excluding steroid dienone is 4. The number of ether oxygens (including phenoxy) is 1. The minimum atomic E-state index is -1.48. The number of hydrogen-bond acceptors (Lipinski definition) is 4. The van der Waals surface area contributed by atoms with E-state index < -0.39 is 29.4 Å². The van der Waals surface area contributed by atoms with Crippen LogP contribution in [0.2, 0.25) is 0 Å². The maximum absolute atomic E-state index is 15.3. The van der Waals surface area contributed by atoms with Crippen molar-refractivity contribution in [3.63, 3.8) is 0 Å². The minimum absolute atomic E-state index is 0.00967. The van der Waals surface area contributed by atoms with Crippen LogP contribution in [0.1, 0.15) is 52.9 Å². The maximum Gasteiger partial charge on any atom is 0.303 e. The number of hydrogen-bond donors (Lipinski definition) is 0. The summed E-state index contributed by atoms with van der Waals surface area (Å²) >= 11 is 0. The first-order valence-electron chi connectivity index (χ1n) is 11.0. The molecule has 0 heterocycles. The molecule has 5 aliphatic carbocycles. The molecule has 0 aromatic carbocycles.